The summed E-state index contributed by atoms with van der Waals surface area (Å²) in [5, 5.41) is 7.18. The molecule has 238 valence electrons. The summed E-state index contributed by atoms with van der Waals surface area (Å²) in [5.74, 6) is 1.98. The van der Waals surface area contributed by atoms with Gasteiger partial charge in [-0.3, -0.25) is 0 Å². The van der Waals surface area contributed by atoms with Crippen molar-refractivity contribution in [2.24, 2.45) is 0 Å². The minimum absolute atomic E-state index is 0.658. The highest BCUT2D eigenvalue weighted by Crippen LogP contribution is 2.43. The van der Waals surface area contributed by atoms with Gasteiger partial charge in [0.25, 0.3) is 0 Å². The minimum Gasteiger partial charge on any atom is -0.456 e. The Kier molecular flexibility index (Phi) is 6.05. The van der Waals surface area contributed by atoms with Crippen molar-refractivity contribution in [3.8, 4) is 39.9 Å². The van der Waals surface area contributed by atoms with Crippen molar-refractivity contribution in [3.05, 3.63) is 158 Å². The smallest absolute Gasteiger partial charge is 0.164 e. The molecule has 0 aliphatic rings. The maximum Gasteiger partial charge on any atom is 0.164 e. The molecule has 0 bridgehead atoms. The zero-order chi connectivity index (χ0) is 33.5. The molecule has 11 rings (SSSR count). The number of hydrogen-bond donors (Lipinski definition) is 0. The number of para-hydroxylation sites is 2. The SMILES string of the molecule is c1ccc(-c2nc(-c3ccccc3)nc(-c3ccc4c(c3)sc3ccc(-n5c6ccccc6c6c7c(ccc65)oc5ccccc57)cc34)n2)cc1. The van der Waals surface area contributed by atoms with Gasteiger partial charge in [0.1, 0.15) is 11.2 Å². The maximum atomic E-state index is 6.30. The predicted octanol–water partition coefficient (Wildman–Crippen LogP) is 12.2. The van der Waals surface area contributed by atoms with Crippen LogP contribution in [0.1, 0.15) is 0 Å². The van der Waals surface area contributed by atoms with E-state index < -0.39 is 0 Å². The van der Waals surface area contributed by atoms with E-state index in [1.807, 2.05) is 72.8 Å². The standard InChI is InChI=1S/C45H26N4OS/c1-3-11-27(12-4-1)43-46-44(28-13-5-2-6-14-28)48-45(47-43)29-19-21-31-34-26-30(20-24-39(34)51-40(31)25-29)49-35-17-9-7-15-32(35)41-36(49)22-23-38-42(41)33-16-8-10-18-37(33)50-38/h1-26H. The highest BCUT2D eigenvalue weighted by atomic mass is 32.1. The van der Waals surface area contributed by atoms with Crippen molar-refractivity contribution in [2.75, 3.05) is 0 Å². The average Bonchev–Trinajstić information content (AvgIpc) is 3.87. The average molecular weight is 671 g/mol. The van der Waals surface area contributed by atoms with Crippen molar-refractivity contribution in [3.63, 3.8) is 0 Å². The minimum atomic E-state index is 0.658. The molecular weight excluding hydrogens is 645 g/mol. The molecule has 4 heterocycles. The zero-order valence-corrected chi connectivity index (χ0v) is 27.9. The Hall–Kier alpha value is -6.63. The molecule has 51 heavy (non-hydrogen) atoms. The summed E-state index contributed by atoms with van der Waals surface area (Å²) < 4.78 is 11.1. The summed E-state index contributed by atoms with van der Waals surface area (Å²) in [6.07, 6.45) is 0. The molecule has 0 aliphatic carbocycles. The number of nitrogens with zero attached hydrogens (tertiary/aromatic N) is 4. The number of furan rings is 1. The Balaban J connectivity index is 1.08. The first-order chi connectivity index (χ1) is 25.3. The van der Waals surface area contributed by atoms with Gasteiger partial charge in [-0.25, -0.2) is 15.0 Å². The Labute approximate surface area is 295 Å². The molecule has 0 unspecified atom stereocenters. The molecule has 0 fully saturated rings. The Bertz CT molecular complexity index is 3080. The molecule has 0 amide bonds. The van der Waals surface area contributed by atoms with Gasteiger partial charge >= 0.3 is 0 Å². The Morgan fingerprint density at radius 2 is 1.08 bits per heavy atom. The molecule has 0 spiro atoms. The van der Waals surface area contributed by atoms with Crippen LogP contribution >= 0.6 is 11.3 Å². The van der Waals surface area contributed by atoms with E-state index in [1.165, 1.54) is 36.5 Å². The fourth-order valence-corrected chi connectivity index (χ4v) is 8.66. The largest absolute Gasteiger partial charge is 0.456 e. The van der Waals surface area contributed by atoms with Crippen LogP contribution in [-0.4, -0.2) is 19.5 Å². The lowest BCUT2D eigenvalue weighted by molar-refractivity contribution is 0.669. The number of rotatable bonds is 4. The van der Waals surface area contributed by atoms with Gasteiger partial charge in [-0.05, 0) is 48.5 Å². The lowest BCUT2D eigenvalue weighted by Gasteiger charge is -2.09. The van der Waals surface area contributed by atoms with Gasteiger partial charge in [0.05, 0.1) is 11.0 Å². The van der Waals surface area contributed by atoms with Crippen molar-refractivity contribution < 1.29 is 4.42 Å². The summed E-state index contributed by atoms with van der Waals surface area (Å²) in [7, 11) is 0. The van der Waals surface area contributed by atoms with Gasteiger partial charge in [-0.15, -0.1) is 11.3 Å². The monoisotopic (exact) mass is 670 g/mol. The summed E-state index contributed by atoms with van der Waals surface area (Å²) in [4.78, 5) is 14.8. The molecule has 0 atom stereocenters. The van der Waals surface area contributed by atoms with E-state index in [-0.39, 0.29) is 0 Å². The molecular formula is C45H26N4OS. The van der Waals surface area contributed by atoms with Gasteiger partial charge in [-0.1, -0.05) is 109 Å². The second-order valence-electron chi connectivity index (χ2n) is 12.8. The third-order valence-electron chi connectivity index (χ3n) is 9.85. The number of aromatic nitrogens is 4. The fourth-order valence-electron chi connectivity index (χ4n) is 7.53. The van der Waals surface area contributed by atoms with Crippen LogP contribution in [0, 0.1) is 0 Å². The molecule has 4 aromatic heterocycles. The first-order valence-corrected chi connectivity index (χ1v) is 17.8. The Morgan fingerprint density at radius 3 is 1.84 bits per heavy atom. The third-order valence-corrected chi connectivity index (χ3v) is 11.0. The molecule has 0 N–H and O–H groups in total. The lowest BCUT2D eigenvalue weighted by atomic mass is 10.1. The van der Waals surface area contributed by atoms with Gasteiger partial charge < -0.3 is 8.98 Å². The van der Waals surface area contributed by atoms with Crippen LogP contribution < -0.4 is 0 Å². The van der Waals surface area contributed by atoms with Crippen molar-refractivity contribution in [2.45, 2.75) is 0 Å². The molecule has 0 aliphatic heterocycles. The van der Waals surface area contributed by atoms with E-state index >= 15 is 0 Å². The normalized spacial score (nSPS) is 11.9. The lowest BCUT2D eigenvalue weighted by Crippen LogP contribution is -1.99. The molecule has 11 aromatic rings. The van der Waals surface area contributed by atoms with Crippen molar-refractivity contribution in [1.29, 1.82) is 0 Å². The van der Waals surface area contributed by atoms with E-state index in [2.05, 4.69) is 89.5 Å². The molecule has 6 heteroatoms. The first kappa shape index (κ1) is 28.2. The summed E-state index contributed by atoms with van der Waals surface area (Å²) >= 11 is 1.80. The van der Waals surface area contributed by atoms with Gasteiger partial charge in [0.2, 0.25) is 0 Å². The summed E-state index contributed by atoms with van der Waals surface area (Å²) in [5.41, 5.74) is 8.16. The van der Waals surface area contributed by atoms with Crippen LogP contribution in [0.5, 0.6) is 0 Å². The van der Waals surface area contributed by atoms with Crippen LogP contribution in [0.4, 0.5) is 0 Å². The predicted molar refractivity (Wildman–Crippen MR) is 211 cm³/mol. The topological polar surface area (TPSA) is 56.7 Å². The van der Waals surface area contributed by atoms with Crippen molar-refractivity contribution >= 4 is 75.3 Å². The van der Waals surface area contributed by atoms with E-state index in [4.69, 9.17) is 19.4 Å². The van der Waals surface area contributed by atoms with E-state index in [0.29, 0.717) is 17.5 Å². The highest BCUT2D eigenvalue weighted by molar-refractivity contribution is 7.25. The van der Waals surface area contributed by atoms with Gasteiger partial charge in [0.15, 0.2) is 17.5 Å². The molecule has 7 aromatic carbocycles. The number of benzene rings is 7. The van der Waals surface area contributed by atoms with Crippen LogP contribution in [0.25, 0.3) is 104 Å². The zero-order valence-electron chi connectivity index (χ0n) is 27.1. The fraction of sp³-hybridized carbons (Fsp3) is 0. The van der Waals surface area contributed by atoms with Crippen LogP contribution in [0.15, 0.2) is 162 Å². The molecule has 0 radical (unpaired) electrons. The second kappa shape index (κ2) is 10.9. The van der Waals surface area contributed by atoms with Crippen molar-refractivity contribution in [1.82, 2.24) is 19.5 Å². The van der Waals surface area contributed by atoms with Gasteiger partial charge in [-0.2, -0.15) is 0 Å². The van der Waals surface area contributed by atoms with Crippen LogP contribution in [-0.2, 0) is 0 Å². The Morgan fingerprint density at radius 1 is 0.412 bits per heavy atom. The maximum absolute atomic E-state index is 6.30. The third kappa shape index (κ3) is 4.37. The van der Waals surface area contributed by atoms with E-state index in [0.717, 1.165) is 49.8 Å². The molecule has 0 saturated heterocycles. The first-order valence-electron chi connectivity index (χ1n) is 16.9. The van der Waals surface area contributed by atoms with Gasteiger partial charge in [0, 0.05) is 64.1 Å². The number of hydrogen-bond acceptors (Lipinski definition) is 5. The summed E-state index contributed by atoms with van der Waals surface area (Å²) in [6, 6.07) is 54.9. The second-order valence-corrected chi connectivity index (χ2v) is 13.9. The highest BCUT2D eigenvalue weighted by Gasteiger charge is 2.19. The van der Waals surface area contributed by atoms with Crippen LogP contribution in [0.2, 0.25) is 0 Å². The molecule has 5 nitrogen and oxygen atoms in total. The molecule has 0 saturated carbocycles. The number of fused-ring (bicyclic) bond motifs is 10. The van der Waals surface area contributed by atoms with Crippen LogP contribution in [0.3, 0.4) is 0 Å². The number of thiophene rings is 1. The quantitative estimate of drug-likeness (QED) is 0.187. The van der Waals surface area contributed by atoms with E-state index in [1.54, 1.807) is 11.3 Å². The van der Waals surface area contributed by atoms with E-state index in [9.17, 15) is 0 Å². The summed E-state index contributed by atoms with van der Waals surface area (Å²) in [6.45, 7) is 0.